The number of carbonyl (C=O) groups excluding carboxylic acids is 1. The Morgan fingerprint density at radius 3 is 2.63 bits per heavy atom. The predicted molar refractivity (Wildman–Crippen MR) is 113 cm³/mol. The van der Waals surface area contributed by atoms with Crippen LogP contribution in [0.3, 0.4) is 0 Å². The number of fused-ring (bicyclic) bond motifs is 1. The molecule has 1 amide bonds. The number of anilines is 2. The number of carbonyl (C=O) groups is 1. The van der Waals surface area contributed by atoms with Crippen LogP contribution >= 0.6 is 11.3 Å². The fourth-order valence-electron chi connectivity index (χ4n) is 3.51. The van der Waals surface area contributed by atoms with Crippen molar-refractivity contribution in [2.75, 3.05) is 42.9 Å². The van der Waals surface area contributed by atoms with Crippen LogP contribution in [-0.2, 0) is 4.79 Å². The summed E-state index contributed by atoms with van der Waals surface area (Å²) in [6.45, 7) is 8.42. The molecule has 1 saturated heterocycles. The van der Waals surface area contributed by atoms with Gasteiger partial charge in [0, 0.05) is 31.9 Å². The van der Waals surface area contributed by atoms with Crippen LogP contribution in [0.5, 0.6) is 0 Å². The van der Waals surface area contributed by atoms with E-state index in [1.165, 1.54) is 28.2 Å². The Labute approximate surface area is 163 Å². The second kappa shape index (κ2) is 7.66. The molecule has 0 bridgehead atoms. The average molecular weight is 381 g/mol. The lowest BCUT2D eigenvalue weighted by Gasteiger charge is -2.36. The normalized spacial score (nSPS) is 15.3. The molecule has 1 N–H and O–H groups in total. The van der Waals surface area contributed by atoms with Crippen LogP contribution < -0.4 is 10.2 Å². The quantitative estimate of drug-likeness (QED) is 0.750. The van der Waals surface area contributed by atoms with Crippen LogP contribution in [0.4, 0.5) is 10.8 Å². The van der Waals surface area contributed by atoms with Gasteiger partial charge >= 0.3 is 0 Å². The highest BCUT2D eigenvalue weighted by Crippen LogP contribution is 2.26. The zero-order valence-electron chi connectivity index (χ0n) is 15.7. The van der Waals surface area contributed by atoms with Crippen molar-refractivity contribution in [2.24, 2.45) is 0 Å². The van der Waals surface area contributed by atoms with Crippen molar-refractivity contribution in [3.8, 4) is 0 Å². The fraction of sp³-hybridized carbons (Fsp3) is 0.333. The summed E-state index contributed by atoms with van der Waals surface area (Å²) in [6, 6.07) is 14.4. The first-order valence-corrected chi connectivity index (χ1v) is 10.1. The molecule has 0 aliphatic carbocycles. The molecule has 6 heteroatoms. The molecular formula is C21H24N4OS. The van der Waals surface area contributed by atoms with E-state index in [4.69, 9.17) is 0 Å². The molecule has 0 unspecified atom stereocenters. The SMILES string of the molecule is Cc1cccc(N2CCN(CC(=O)Nc3nc4ccccc4s3)CC2)c1C. The van der Waals surface area contributed by atoms with E-state index in [0.29, 0.717) is 11.7 Å². The van der Waals surface area contributed by atoms with Crippen LogP contribution in [0.25, 0.3) is 10.2 Å². The Kier molecular flexibility index (Phi) is 5.09. The first kappa shape index (κ1) is 17.9. The lowest BCUT2D eigenvalue weighted by Crippen LogP contribution is -2.48. The van der Waals surface area contributed by atoms with Crippen LogP contribution in [0.1, 0.15) is 11.1 Å². The summed E-state index contributed by atoms with van der Waals surface area (Å²) < 4.78 is 1.09. The number of piperazine rings is 1. The minimum atomic E-state index is 0.00856. The number of aromatic nitrogens is 1. The zero-order chi connectivity index (χ0) is 18.8. The predicted octanol–water partition coefficient (Wildman–Crippen LogP) is 3.67. The highest BCUT2D eigenvalue weighted by atomic mass is 32.1. The summed E-state index contributed by atoms with van der Waals surface area (Å²) in [6.07, 6.45) is 0. The van der Waals surface area contributed by atoms with E-state index >= 15 is 0 Å². The van der Waals surface area contributed by atoms with Crippen molar-refractivity contribution >= 4 is 38.3 Å². The molecule has 1 aliphatic heterocycles. The summed E-state index contributed by atoms with van der Waals surface area (Å²) in [4.78, 5) is 21.5. The van der Waals surface area contributed by atoms with Gasteiger partial charge in [0.05, 0.1) is 16.8 Å². The monoisotopic (exact) mass is 380 g/mol. The molecule has 2 heterocycles. The van der Waals surface area contributed by atoms with Crippen molar-refractivity contribution in [2.45, 2.75) is 13.8 Å². The zero-order valence-corrected chi connectivity index (χ0v) is 16.6. The topological polar surface area (TPSA) is 48.5 Å². The molecule has 0 spiro atoms. The van der Waals surface area contributed by atoms with Gasteiger partial charge in [0.1, 0.15) is 0 Å². The summed E-state index contributed by atoms with van der Waals surface area (Å²) in [5, 5.41) is 3.63. The average Bonchev–Trinajstić information content (AvgIpc) is 3.07. The number of hydrogen-bond donors (Lipinski definition) is 1. The molecule has 3 aromatic rings. The van der Waals surface area contributed by atoms with Crippen molar-refractivity contribution in [3.05, 3.63) is 53.6 Å². The smallest absolute Gasteiger partial charge is 0.240 e. The number of nitrogens with zero attached hydrogens (tertiary/aromatic N) is 3. The Bertz CT molecular complexity index is 927. The standard InChI is InChI=1S/C21H24N4OS/c1-15-6-5-8-18(16(15)2)25-12-10-24(11-13-25)14-20(26)23-21-22-17-7-3-4-9-19(17)27-21/h3-9H,10-14H2,1-2H3,(H,22,23,26). The van der Waals surface area contributed by atoms with E-state index in [2.05, 4.69) is 52.1 Å². The number of aryl methyl sites for hydroxylation is 1. The second-order valence-electron chi connectivity index (χ2n) is 7.02. The van der Waals surface area contributed by atoms with Gasteiger partial charge < -0.3 is 10.2 Å². The van der Waals surface area contributed by atoms with E-state index in [0.717, 1.165) is 36.4 Å². The highest BCUT2D eigenvalue weighted by Gasteiger charge is 2.21. The number of para-hydroxylation sites is 1. The largest absolute Gasteiger partial charge is 0.369 e. The van der Waals surface area contributed by atoms with Gasteiger partial charge in [-0.3, -0.25) is 9.69 Å². The van der Waals surface area contributed by atoms with Gasteiger partial charge in [-0.05, 0) is 43.2 Å². The van der Waals surface area contributed by atoms with E-state index in [1.54, 1.807) is 0 Å². The van der Waals surface area contributed by atoms with Crippen molar-refractivity contribution in [3.63, 3.8) is 0 Å². The molecule has 140 valence electrons. The molecule has 2 aromatic carbocycles. The molecule has 0 radical (unpaired) electrons. The summed E-state index contributed by atoms with van der Waals surface area (Å²) >= 11 is 1.52. The molecule has 1 fully saturated rings. The number of amides is 1. The van der Waals surface area contributed by atoms with Gasteiger partial charge in [0.25, 0.3) is 0 Å². The van der Waals surface area contributed by atoms with E-state index in [-0.39, 0.29) is 5.91 Å². The van der Waals surface area contributed by atoms with Gasteiger partial charge in [-0.25, -0.2) is 4.98 Å². The maximum Gasteiger partial charge on any atom is 0.240 e. The van der Waals surface area contributed by atoms with E-state index in [1.807, 2.05) is 24.3 Å². The van der Waals surface area contributed by atoms with Crippen LogP contribution in [0, 0.1) is 13.8 Å². The van der Waals surface area contributed by atoms with Crippen molar-refractivity contribution < 1.29 is 4.79 Å². The number of rotatable bonds is 4. The Balaban J connectivity index is 1.32. The van der Waals surface area contributed by atoms with E-state index in [9.17, 15) is 4.79 Å². The minimum absolute atomic E-state index is 0.00856. The number of nitrogens with one attached hydrogen (secondary N) is 1. The van der Waals surface area contributed by atoms with Gasteiger partial charge in [-0.1, -0.05) is 35.6 Å². The summed E-state index contributed by atoms with van der Waals surface area (Å²) in [5.74, 6) is 0.00856. The molecule has 27 heavy (non-hydrogen) atoms. The third-order valence-electron chi connectivity index (χ3n) is 5.20. The van der Waals surface area contributed by atoms with Crippen LogP contribution in [0.2, 0.25) is 0 Å². The van der Waals surface area contributed by atoms with Crippen molar-refractivity contribution in [1.29, 1.82) is 0 Å². The second-order valence-corrected chi connectivity index (χ2v) is 8.05. The van der Waals surface area contributed by atoms with Crippen LogP contribution in [0.15, 0.2) is 42.5 Å². The third-order valence-corrected chi connectivity index (χ3v) is 6.15. The lowest BCUT2D eigenvalue weighted by molar-refractivity contribution is -0.117. The number of benzene rings is 2. The Morgan fingerprint density at radius 2 is 1.85 bits per heavy atom. The number of thiazole rings is 1. The Morgan fingerprint density at radius 1 is 1.07 bits per heavy atom. The maximum atomic E-state index is 12.4. The summed E-state index contributed by atoms with van der Waals surface area (Å²) in [7, 11) is 0. The first-order valence-electron chi connectivity index (χ1n) is 9.29. The van der Waals surface area contributed by atoms with Gasteiger partial charge in [0.2, 0.25) is 5.91 Å². The fourth-order valence-corrected chi connectivity index (χ4v) is 4.39. The van der Waals surface area contributed by atoms with Gasteiger partial charge in [-0.15, -0.1) is 0 Å². The third kappa shape index (κ3) is 3.96. The Hall–Kier alpha value is -2.44. The van der Waals surface area contributed by atoms with E-state index < -0.39 is 0 Å². The molecule has 1 aliphatic rings. The molecule has 1 aromatic heterocycles. The van der Waals surface area contributed by atoms with Crippen LogP contribution in [-0.4, -0.2) is 48.5 Å². The molecule has 5 nitrogen and oxygen atoms in total. The molecule has 0 saturated carbocycles. The first-order chi connectivity index (χ1) is 13.1. The van der Waals surface area contributed by atoms with Gasteiger partial charge in [0.15, 0.2) is 5.13 Å². The molecule has 0 atom stereocenters. The minimum Gasteiger partial charge on any atom is -0.369 e. The maximum absolute atomic E-state index is 12.4. The summed E-state index contributed by atoms with van der Waals surface area (Å²) in [5.41, 5.74) is 4.91. The molecular weight excluding hydrogens is 356 g/mol. The molecule has 4 rings (SSSR count). The van der Waals surface area contributed by atoms with Gasteiger partial charge in [-0.2, -0.15) is 0 Å². The lowest BCUT2D eigenvalue weighted by atomic mass is 10.1. The highest BCUT2D eigenvalue weighted by molar-refractivity contribution is 7.22. The number of hydrogen-bond acceptors (Lipinski definition) is 5. The van der Waals surface area contributed by atoms with Crippen molar-refractivity contribution in [1.82, 2.24) is 9.88 Å².